The van der Waals surface area contributed by atoms with Gasteiger partial charge in [0, 0.05) is 12.1 Å². The van der Waals surface area contributed by atoms with Crippen molar-refractivity contribution in [2.75, 3.05) is 0 Å². The van der Waals surface area contributed by atoms with Gasteiger partial charge >= 0.3 is 0 Å². The first-order valence-electron chi connectivity index (χ1n) is 7.46. The highest BCUT2D eigenvalue weighted by Gasteiger charge is 2.28. The van der Waals surface area contributed by atoms with E-state index in [0.717, 1.165) is 44.1 Å². The second kappa shape index (κ2) is 5.59. The van der Waals surface area contributed by atoms with Crippen LogP contribution in [0.3, 0.4) is 0 Å². The fourth-order valence-corrected chi connectivity index (χ4v) is 3.51. The van der Waals surface area contributed by atoms with Crippen LogP contribution in [0.25, 0.3) is 0 Å². The number of hydrogen-bond acceptors (Lipinski definition) is 2. The summed E-state index contributed by atoms with van der Waals surface area (Å²) < 4.78 is 13.4. The van der Waals surface area contributed by atoms with Gasteiger partial charge in [-0.15, -0.1) is 0 Å². The summed E-state index contributed by atoms with van der Waals surface area (Å²) in [6, 6.07) is 5.51. The van der Waals surface area contributed by atoms with E-state index < -0.39 is 0 Å². The number of hydrogen-bond donors (Lipinski definition) is 2. The summed E-state index contributed by atoms with van der Waals surface area (Å²) in [5.74, 6) is -0.156. The van der Waals surface area contributed by atoms with Crippen molar-refractivity contribution in [2.45, 2.75) is 63.1 Å². The molecule has 1 aromatic carbocycles. The summed E-state index contributed by atoms with van der Waals surface area (Å²) in [5.41, 5.74) is 2.36. The van der Waals surface area contributed by atoms with Crippen LogP contribution >= 0.6 is 0 Å². The molecule has 0 spiro atoms. The maximum atomic E-state index is 13.4. The van der Waals surface area contributed by atoms with Crippen molar-refractivity contribution >= 4 is 0 Å². The van der Waals surface area contributed by atoms with E-state index in [1.807, 2.05) is 6.07 Å². The minimum absolute atomic E-state index is 0.156. The Morgan fingerprint density at radius 1 is 1.11 bits per heavy atom. The molecule has 0 bridgehead atoms. The minimum atomic E-state index is -0.243. The molecule has 0 aliphatic heterocycles. The quantitative estimate of drug-likeness (QED) is 0.859. The summed E-state index contributed by atoms with van der Waals surface area (Å²) in [7, 11) is 0. The molecule has 2 N–H and O–H groups in total. The Labute approximate surface area is 114 Å². The zero-order valence-corrected chi connectivity index (χ0v) is 11.2. The molecule has 2 aliphatic rings. The Morgan fingerprint density at radius 3 is 2.79 bits per heavy atom. The van der Waals surface area contributed by atoms with Crippen molar-refractivity contribution < 1.29 is 9.50 Å². The lowest BCUT2D eigenvalue weighted by molar-refractivity contribution is 0.0834. The zero-order chi connectivity index (χ0) is 13.2. The third-order valence-corrected chi connectivity index (χ3v) is 4.57. The highest BCUT2D eigenvalue weighted by atomic mass is 19.1. The standard InChI is InChI=1S/C16H22FNO/c17-12-9-8-11-4-3-6-14(13(11)10-12)18-15-5-1-2-7-16(15)19/h8-10,14-16,18-19H,1-7H2. The number of fused-ring (bicyclic) bond motifs is 1. The van der Waals surface area contributed by atoms with Gasteiger partial charge in [-0.05, 0) is 55.4 Å². The Bertz CT molecular complexity index is 448. The van der Waals surface area contributed by atoms with E-state index in [1.54, 1.807) is 12.1 Å². The fraction of sp³-hybridized carbons (Fsp3) is 0.625. The van der Waals surface area contributed by atoms with Crippen LogP contribution in [0, 0.1) is 5.82 Å². The second-order valence-corrected chi connectivity index (χ2v) is 5.91. The average Bonchev–Trinajstić information content (AvgIpc) is 2.42. The van der Waals surface area contributed by atoms with E-state index in [-0.39, 0.29) is 24.0 Å². The van der Waals surface area contributed by atoms with Crippen molar-refractivity contribution in [3.8, 4) is 0 Å². The first-order valence-corrected chi connectivity index (χ1v) is 7.46. The molecule has 1 aromatic rings. The van der Waals surface area contributed by atoms with Crippen LogP contribution in [-0.4, -0.2) is 17.3 Å². The second-order valence-electron chi connectivity index (χ2n) is 5.91. The third-order valence-electron chi connectivity index (χ3n) is 4.57. The van der Waals surface area contributed by atoms with Crippen molar-refractivity contribution in [3.05, 3.63) is 35.1 Å². The largest absolute Gasteiger partial charge is 0.392 e. The third kappa shape index (κ3) is 2.82. The summed E-state index contributed by atoms with van der Waals surface area (Å²) in [5, 5.41) is 13.6. The number of aliphatic hydroxyl groups is 1. The maximum Gasteiger partial charge on any atom is 0.123 e. The number of rotatable bonds is 2. The summed E-state index contributed by atoms with van der Waals surface area (Å²) >= 11 is 0. The average molecular weight is 263 g/mol. The van der Waals surface area contributed by atoms with Gasteiger partial charge in [0.2, 0.25) is 0 Å². The lowest BCUT2D eigenvalue weighted by Crippen LogP contribution is -2.44. The topological polar surface area (TPSA) is 32.3 Å². The lowest BCUT2D eigenvalue weighted by atomic mass is 9.85. The Morgan fingerprint density at radius 2 is 1.95 bits per heavy atom. The van der Waals surface area contributed by atoms with Crippen LogP contribution < -0.4 is 5.32 Å². The van der Waals surface area contributed by atoms with Crippen molar-refractivity contribution in [1.82, 2.24) is 5.32 Å². The molecule has 1 saturated carbocycles. The van der Waals surface area contributed by atoms with E-state index in [1.165, 1.54) is 12.0 Å². The molecule has 1 fully saturated rings. The maximum absolute atomic E-state index is 13.4. The van der Waals surface area contributed by atoms with Crippen LogP contribution in [-0.2, 0) is 6.42 Å². The molecular weight excluding hydrogens is 241 g/mol. The predicted octanol–water partition coefficient (Wildman–Crippen LogP) is 3.10. The molecule has 3 heteroatoms. The molecule has 0 saturated heterocycles. The highest BCUT2D eigenvalue weighted by Crippen LogP contribution is 2.32. The van der Waals surface area contributed by atoms with Crippen molar-refractivity contribution in [1.29, 1.82) is 0 Å². The Kier molecular flexibility index (Phi) is 3.85. The van der Waals surface area contributed by atoms with Gasteiger partial charge in [0.25, 0.3) is 0 Å². The summed E-state index contributed by atoms with van der Waals surface area (Å²) in [4.78, 5) is 0. The van der Waals surface area contributed by atoms with E-state index in [4.69, 9.17) is 0 Å². The minimum Gasteiger partial charge on any atom is -0.392 e. The van der Waals surface area contributed by atoms with Gasteiger partial charge in [-0.2, -0.15) is 0 Å². The van der Waals surface area contributed by atoms with Crippen LogP contribution in [0.15, 0.2) is 18.2 Å². The summed E-state index contributed by atoms with van der Waals surface area (Å²) in [6.45, 7) is 0. The van der Waals surface area contributed by atoms with Crippen molar-refractivity contribution in [2.24, 2.45) is 0 Å². The van der Waals surface area contributed by atoms with Gasteiger partial charge in [-0.1, -0.05) is 18.9 Å². The van der Waals surface area contributed by atoms with Gasteiger partial charge in [0.1, 0.15) is 5.82 Å². The normalized spacial score (nSPS) is 30.9. The SMILES string of the molecule is OC1CCCCC1NC1CCCc2ccc(F)cc21. The lowest BCUT2D eigenvalue weighted by Gasteiger charge is -2.35. The van der Waals surface area contributed by atoms with Crippen molar-refractivity contribution in [3.63, 3.8) is 0 Å². The fourth-order valence-electron chi connectivity index (χ4n) is 3.51. The van der Waals surface area contributed by atoms with Gasteiger partial charge in [0.05, 0.1) is 6.10 Å². The molecule has 0 aromatic heterocycles. The number of benzene rings is 1. The van der Waals surface area contributed by atoms with Gasteiger partial charge in [-0.25, -0.2) is 4.39 Å². The van der Waals surface area contributed by atoms with E-state index in [9.17, 15) is 9.50 Å². The molecule has 3 unspecified atom stereocenters. The predicted molar refractivity (Wildman–Crippen MR) is 73.5 cm³/mol. The zero-order valence-electron chi connectivity index (χ0n) is 11.2. The molecule has 0 heterocycles. The Balaban J connectivity index is 1.77. The molecule has 0 radical (unpaired) electrons. The summed E-state index contributed by atoms with van der Waals surface area (Å²) in [6.07, 6.45) is 7.20. The highest BCUT2D eigenvalue weighted by molar-refractivity contribution is 5.33. The molecule has 2 aliphatic carbocycles. The number of aryl methyl sites for hydroxylation is 1. The monoisotopic (exact) mass is 263 g/mol. The number of halogens is 1. The van der Waals surface area contributed by atoms with Crippen LogP contribution in [0.2, 0.25) is 0 Å². The molecule has 0 amide bonds. The van der Waals surface area contributed by atoms with Gasteiger partial charge < -0.3 is 10.4 Å². The first-order chi connectivity index (χ1) is 9.24. The smallest absolute Gasteiger partial charge is 0.123 e. The molecule has 3 atom stereocenters. The molecule has 2 nitrogen and oxygen atoms in total. The van der Waals surface area contributed by atoms with Gasteiger partial charge in [0.15, 0.2) is 0 Å². The number of aliphatic hydroxyl groups excluding tert-OH is 1. The van der Waals surface area contributed by atoms with Crippen LogP contribution in [0.4, 0.5) is 4.39 Å². The first kappa shape index (κ1) is 13.1. The number of nitrogens with one attached hydrogen (secondary N) is 1. The van der Waals surface area contributed by atoms with Crippen LogP contribution in [0.5, 0.6) is 0 Å². The van der Waals surface area contributed by atoms with Crippen LogP contribution in [0.1, 0.15) is 55.7 Å². The van der Waals surface area contributed by atoms with E-state index >= 15 is 0 Å². The molecule has 19 heavy (non-hydrogen) atoms. The van der Waals surface area contributed by atoms with E-state index in [2.05, 4.69) is 5.32 Å². The Hall–Kier alpha value is -0.930. The molecular formula is C16H22FNO. The molecule has 3 rings (SSSR count). The van der Waals surface area contributed by atoms with Gasteiger partial charge in [-0.3, -0.25) is 0 Å². The molecule has 104 valence electrons. The van der Waals surface area contributed by atoms with E-state index in [0.29, 0.717) is 0 Å².